The lowest BCUT2D eigenvalue weighted by atomic mass is 9.85. The van der Waals surface area contributed by atoms with Gasteiger partial charge in [0.05, 0.1) is 0 Å². The Hall–Kier alpha value is -8.58. The minimum atomic E-state index is 1.06. The van der Waals surface area contributed by atoms with Gasteiger partial charge in [0.25, 0.3) is 0 Å². The molecule has 0 N–H and O–H groups in total. The molecule has 1 radical (unpaired) electrons. The number of hydrogen-bond acceptors (Lipinski definition) is 0. The minimum absolute atomic E-state index is 1.06. The third-order valence-corrected chi connectivity index (χ3v) is 14.5. The third-order valence-electron chi connectivity index (χ3n) is 14.5. The fourth-order valence-corrected chi connectivity index (χ4v) is 11.0. The number of allylic oxidation sites excluding steroid dienone is 1. The SMILES string of the molecule is C=CC.C=Cc1ccc(CC)c(C=C)c1C.CC.[CH]1c2c1c1c(-c3ccc(-c4ccc5ccc6c(-c7ccccc7-c7ccc(-c8ccccc8)cc7)ccc7ccc4c5c76)cc3)cccc1c1ccccc21. The van der Waals surface area contributed by atoms with Crippen LogP contribution < -0.4 is 0 Å². The van der Waals surface area contributed by atoms with Crippen molar-refractivity contribution in [2.45, 2.75) is 41.0 Å². The van der Waals surface area contributed by atoms with Crippen molar-refractivity contribution < 1.29 is 0 Å². The molecule has 1 aliphatic rings. The van der Waals surface area contributed by atoms with E-state index in [2.05, 4.69) is 246 Å². The molecule has 0 bridgehead atoms. The van der Waals surface area contributed by atoms with E-state index < -0.39 is 0 Å². The second-order valence-electron chi connectivity index (χ2n) is 18.5. The van der Waals surface area contributed by atoms with Gasteiger partial charge >= 0.3 is 0 Å². The maximum absolute atomic E-state index is 3.84. The Bertz CT molecular complexity index is 3980. The van der Waals surface area contributed by atoms with Crippen molar-refractivity contribution in [2.75, 3.05) is 0 Å². The molecule has 0 saturated heterocycles. The van der Waals surface area contributed by atoms with Crippen molar-refractivity contribution in [1.82, 2.24) is 0 Å². The monoisotopic (exact) mass is 937 g/mol. The normalized spacial score (nSPS) is 11.2. The second kappa shape index (κ2) is 21.0. The Morgan fingerprint density at radius 3 is 1.49 bits per heavy atom. The number of hydrogen-bond donors (Lipinski definition) is 0. The van der Waals surface area contributed by atoms with E-state index in [0.717, 1.165) is 6.42 Å². The quantitative estimate of drug-likeness (QED) is 0.105. The highest BCUT2D eigenvalue weighted by molar-refractivity contribution is 6.28. The summed E-state index contributed by atoms with van der Waals surface area (Å²) in [6, 6.07) is 76.1. The van der Waals surface area contributed by atoms with Gasteiger partial charge in [-0.3, -0.25) is 0 Å². The molecule has 0 aliphatic heterocycles. The average molecular weight is 938 g/mol. The minimum Gasteiger partial charge on any atom is -0.103 e. The molecule has 0 heteroatoms. The smallest absolute Gasteiger partial charge is 0.0218 e. The molecule has 353 valence electrons. The van der Waals surface area contributed by atoms with Crippen LogP contribution in [0.1, 0.15) is 61.1 Å². The first kappa shape index (κ1) is 48.1. The van der Waals surface area contributed by atoms with E-state index in [1.807, 2.05) is 32.9 Å². The molecule has 0 nitrogen and oxygen atoms in total. The van der Waals surface area contributed by atoms with Crippen LogP contribution in [0.2, 0.25) is 0 Å². The van der Waals surface area contributed by atoms with Gasteiger partial charge in [-0.25, -0.2) is 0 Å². The standard InChI is InChI=1S/C55H33.C13H16.C3H6.C2H6/c1-2-9-34(10-3-1)35-17-19-36(20-18-35)41-11-4-5-12-44(41)47-30-26-40-27-31-49-42(29-25-39-28-32-50(47)54(40)53(39)49)37-21-23-38(24-22-37)43-15-8-16-48-45-13-6-7-14-46(45)51-33-52(51)55(43)48;1-5-11-8-9-12(6-2)13(7-3)10(11)4;1-3-2;1-2/h1-33H;5,7-9H,1,3,6H2,2,4H3;3H,1H2,2H3;1-2H3. The lowest BCUT2D eigenvalue weighted by Crippen LogP contribution is -1.92. The van der Waals surface area contributed by atoms with Crippen LogP contribution in [0, 0.1) is 13.3 Å². The number of aryl methyl sites for hydroxylation is 1. The Balaban J connectivity index is 0.000000293. The largest absolute Gasteiger partial charge is 0.103 e. The van der Waals surface area contributed by atoms with Crippen LogP contribution in [0.3, 0.4) is 0 Å². The summed E-state index contributed by atoms with van der Waals surface area (Å²) in [4.78, 5) is 0. The van der Waals surface area contributed by atoms with Gasteiger partial charge in [-0.1, -0.05) is 258 Å². The predicted octanol–water partition coefficient (Wildman–Crippen LogP) is 21.2. The molecule has 0 atom stereocenters. The Kier molecular flexibility index (Phi) is 13.8. The lowest BCUT2D eigenvalue weighted by Gasteiger charge is -2.18. The van der Waals surface area contributed by atoms with Crippen LogP contribution in [0.25, 0.3) is 122 Å². The van der Waals surface area contributed by atoms with Crippen LogP contribution in [-0.4, -0.2) is 0 Å². The predicted molar refractivity (Wildman–Crippen MR) is 323 cm³/mol. The molecule has 0 heterocycles. The highest BCUT2D eigenvalue weighted by Crippen LogP contribution is 2.49. The first-order chi connectivity index (χ1) is 35.9. The highest BCUT2D eigenvalue weighted by atomic mass is 14.3. The molecule has 0 fully saturated rings. The summed E-state index contributed by atoms with van der Waals surface area (Å²) in [6.07, 6.45) is 8.98. The zero-order valence-corrected chi connectivity index (χ0v) is 42.8. The highest BCUT2D eigenvalue weighted by Gasteiger charge is 2.27. The van der Waals surface area contributed by atoms with Crippen molar-refractivity contribution in [3.63, 3.8) is 0 Å². The van der Waals surface area contributed by atoms with Crippen LogP contribution in [0.15, 0.2) is 232 Å². The van der Waals surface area contributed by atoms with E-state index in [-0.39, 0.29) is 0 Å². The van der Waals surface area contributed by atoms with E-state index in [4.69, 9.17) is 0 Å². The molecular weight excluding hydrogens is 877 g/mol. The summed E-state index contributed by atoms with van der Waals surface area (Å²) in [5.74, 6) is 0. The van der Waals surface area contributed by atoms with Gasteiger partial charge in [0.1, 0.15) is 0 Å². The topological polar surface area (TPSA) is 0 Å². The fraction of sp³-hybridized carbons (Fsp3) is 0.0822. The van der Waals surface area contributed by atoms with Gasteiger partial charge in [-0.15, -0.1) is 6.58 Å². The van der Waals surface area contributed by atoms with Gasteiger partial charge in [0.15, 0.2) is 0 Å². The van der Waals surface area contributed by atoms with Crippen molar-refractivity contribution in [3.05, 3.63) is 272 Å². The van der Waals surface area contributed by atoms with E-state index in [1.165, 1.54) is 143 Å². The van der Waals surface area contributed by atoms with E-state index in [1.54, 1.807) is 6.08 Å². The Morgan fingerprint density at radius 2 is 0.863 bits per heavy atom. The van der Waals surface area contributed by atoms with Crippen LogP contribution in [0.4, 0.5) is 0 Å². The molecule has 13 rings (SSSR count). The fourth-order valence-electron chi connectivity index (χ4n) is 11.0. The summed E-state index contributed by atoms with van der Waals surface area (Å²) < 4.78 is 0. The molecular formula is C73H61. The Labute approximate surface area is 432 Å². The molecule has 0 amide bonds. The van der Waals surface area contributed by atoms with Crippen LogP contribution in [0.5, 0.6) is 0 Å². The molecule has 0 aromatic heterocycles. The van der Waals surface area contributed by atoms with Crippen LogP contribution >= 0.6 is 0 Å². The van der Waals surface area contributed by atoms with Gasteiger partial charge < -0.3 is 0 Å². The molecule has 0 saturated carbocycles. The van der Waals surface area contributed by atoms with Crippen molar-refractivity contribution in [3.8, 4) is 55.6 Å². The average Bonchev–Trinajstić information content (AvgIpc) is 4.27. The number of fused-ring (bicyclic) bond motifs is 6. The van der Waals surface area contributed by atoms with Gasteiger partial charge in [0, 0.05) is 6.42 Å². The summed E-state index contributed by atoms with van der Waals surface area (Å²) in [5, 5.41) is 13.2. The first-order valence-electron chi connectivity index (χ1n) is 25.8. The number of rotatable bonds is 8. The molecule has 73 heavy (non-hydrogen) atoms. The summed E-state index contributed by atoms with van der Waals surface area (Å²) in [5.41, 5.74) is 20.4. The maximum Gasteiger partial charge on any atom is 0.0218 e. The van der Waals surface area contributed by atoms with Crippen LogP contribution in [-0.2, 0) is 6.42 Å². The summed E-state index contributed by atoms with van der Waals surface area (Å²) >= 11 is 0. The molecule has 0 unspecified atom stereocenters. The summed E-state index contributed by atoms with van der Waals surface area (Å²) in [7, 11) is 0. The molecule has 12 aromatic carbocycles. The van der Waals surface area contributed by atoms with Gasteiger partial charge in [-0.2, -0.15) is 0 Å². The van der Waals surface area contributed by atoms with Crippen molar-refractivity contribution >= 4 is 66.0 Å². The van der Waals surface area contributed by atoms with E-state index in [9.17, 15) is 0 Å². The first-order valence-corrected chi connectivity index (χ1v) is 25.8. The van der Waals surface area contributed by atoms with Gasteiger partial charge in [0.2, 0.25) is 0 Å². The maximum atomic E-state index is 3.84. The third kappa shape index (κ3) is 8.85. The zero-order valence-electron chi connectivity index (χ0n) is 42.8. The Morgan fingerprint density at radius 1 is 0.370 bits per heavy atom. The molecule has 0 spiro atoms. The van der Waals surface area contributed by atoms with E-state index in [0.29, 0.717) is 0 Å². The summed E-state index contributed by atoms with van der Waals surface area (Å²) in [6.45, 7) is 21.2. The lowest BCUT2D eigenvalue weighted by molar-refractivity contribution is 1.12. The number of benzene rings is 12. The van der Waals surface area contributed by atoms with Crippen molar-refractivity contribution in [2.24, 2.45) is 0 Å². The van der Waals surface area contributed by atoms with E-state index >= 15 is 0 Å². The second-order valence-corrected chi connectivity index (χ2v) is 18.5. The van der Waals surface area contributed by atoms with Gasteiger partial charge in [-0.05, 0) is 163 Å². The zero-order chi connectivity index (χ0) is 50.6. The molecule has 1 aliphatic carbocycles. The molecule has 12 aromatic rings. The van der Waals surface area contributed by atoms with Crippen molar-refractivity contribution in [1.29, 1.82) is 0 Å².